The van der Waals surface area contributed by atoms with Crippen molar-refractivity contribution < 1.29 is 4.79 Å². The van der Waals surface area contributed by atoms with Gasteiger partial charge in [-0.15, -0.1) is 0 Å². The van der Waals surface area contributed by atoms with Gasteiger partial charge in [-0.05, 0) is 43.0 Å². The number of carbonyl (C=O) groups is 1. The summed E-state index contributed by atoms with van der Waals surface area (Å²) in [7, 11) is 0. The zero-order valence-corrected chi connectivity index (χ0v) is 16.3. The summed E-state index contributed by atoms with van der Waals surface area (Å²) in [6.07, 6.45) is 6.13. The molecular formula is C23H23N5O. The van der Waals surface area contributed by atoms with Gasteiger partial charge in [0.1, 0.15) is 5.84 Å². The summed E-state index contributed by atoms with van der Waals surface area (Å²) in [6.45, 7) is 1.95. The molecule has 3 aromatic rings. The molecular weight excluding hydrogens is 362 g/mol. The van der Waals surface area contributed by atoms with Gasteiger partial charge >= 0.3 is 0 Å². The first-order valence-electron chi connectivity index (χ1n) is 9.63. The highest BCUT2D eigenvalue weighted by Gasteiger charge is 2.43. The van der Waals surface area contributed by atoms with Crippen LogP contribution in [0, 0.1) is 12.3 Å². The van der Waals surface area contributed by atoms with Crippen molar-refractivity contribution in [3.8, 4) is 11.1 Å². The van der Waals surface area contributed by atoms with Gasteiger partial charge in [-0.3, -0.25) is 10.2 Å². The van der Waals surface area contributed by atoms with Crippen molar-refractivity contribution in [2.75, 3.05) is 5.73 Å². The van der Waals surface area contributed by atoms with Crippen LogP contribution in [0.1, 0.15) is 40.7 Å². The summed E-state index contributed by atoms with van der Waals surface area (Å²) in [5.74, 6) is 0.274. The van der Waals surface area contributed by atoms with Crippen LogP contribution in [0.5, 0.6) is 0 Å². The van der Waals surface area contributed by atoms with Crippen LogP contribution in [0.15, 0.2) is 60.9 Å². The fourth-order valence-electron chi connectivity index (χ4n) is 3.77. The number of nitrogens with two attached hydrogens (primary N) is 1. The molecule has 0 atom stereocenters. The lowest BCUT2D eigenvalue weighted by atomic mass is 9.63. The van der Waals surface area contributed by atoms with E-state index in [0.29, 0.717) is 5.56 Å². The molecule has 2 aromatic carbocycles. The Kier molecular flexibility index (Phi) is 4.84. The topological polar surface area (TPSA) is 105 Å². The Balaban J connectivity index is 1.54. The number of benzene rings is 2. The average molecular weight is 385 g/mol. The van der Waals surface area contributed by atoms with Crippen molar-refractivity contribution in [2.24, 2.45) is 0 Å². The number of nitrogens with zero attached hydrogens (tertiary/aromatic N) is 2. The van der Waals surface area contributed by atoms with Crippen molar-refractivity contribution in [3.63, 3.8) is 0 Å². The molecule has 1 heterocycles. The van der Waals surface area contributed by atoms with Crippen LogP contribution in [0.2, 0.25) is 0 Å². The van der Waals surface area contributed by atoms with E-state index in [1.54, 1.807) is 18.5 Å². The van der Waals surface area contributed by atoms with Crippen LogP contribution in [-0.2, 0) is 5.41 Å². The average Bonchev–Trinajstić information content (AvgIpc) is 2.68. The molecule has 29 heavy (non-hydrogen) atoms. The van der Waals surface area contributed by atoms with Crippen LogP contribution in [0.25, 0.3) is 11.1 Å². The van der Waals surface area contributed by atoms with E-state index in [-0.39, 0.29) is 17.7 Å². The zero-order chi connectivity index (χ0) is 20.4. The Morgan fingerprint density at radius 3 is 2.34 bits per heavy atom. The maximum Gasteiger partial charge on any atom is 0.256 e. The van der Waals surface area contributed by atoms with Crippen molar-refractivity contribution in [2.45, 2.75) is 31.6 Å². The number of nitrogen functional groups attached to an aromatic ring is 1. The lowest BCUT2D eigenvalue weighted by Gasteiger charge is -2.42. The molecule has 0 spiro atoms. The van der Waals surface area contributed by atoms with Gasteiger partial charge in [0.15, 0.2) is 0 Å². The van der Waals surface area contributed by atoms with Crippen molar-refractivity contribution >= 4 is 17.7 Å². The molecule has 1 aromatic heterocycles. The minimum atomic E-state index is -0.435. The summed E-state index contributed by atoms with van der Waals surface area (Å²) in [5, 5.41) is 11.5. The molecule has 1 amide bonds. The van der Waals surface area contributed by atoms with Gasteiger partial charge in [0.25, 0.3) is 5.91 Å². The number of aromatic nitrogens is 2. The standard InChI is InChI=1S/C23H23N5O/c1-15-4-2-5-17(12-15)20(29)28-21(24)23(10-3-11-23)19-8-6-16(7-9-19)18-13-26-22(25)27-14-18/h2,4-9,12-14H,3,10-11H2,1H3,(H2,24,28,29)(H2,25,26,27). The van der Waals surface area contributed by atoms with Crippen LogP contribution in [-0.4, -0.2) is 21.7 Å². The van der Waals surface area contributed by atoms with E-state index >= 15 is 0 Å². The van der Waals surface area contributed by atoms with Crippen molar-refractivity contribution in [1.29, 1.82) is 5.41 Å². The van der Waals surface area contributed by atoms with Crippen molar-refractivity contribution in [1.82, 2.24) is 15.3 Å². The highest BCUT2D eigenvalue weighted by atomic mass is 16.1. The molecule has 146 valence electrons. The SMILES string of the molecule is Cc1cccc(C(=O)NC(=N)C2(c3ccc(-c4cnc(N)nc4)cc3)CCC2)c1. The summed E-state index contributed by atoms with van der Waals surface area (Å²) < 4.78 is 0. The van der Waals surface area contributed by atoms with Crippen LogP contribution < -0.4 is 11.1 Å². The molecule has 1 fully saturated rings. The first-order valence-corrected chi connectivity index (χ1v) is 9.63. The number of rotatable bonds is 4. The maximum absolute atomic E-state index is 12.6. The summed E-state index contributed by atoms with van der Waals surface area (Å²) >= 11 is 0. The molecule has 0 bridgehead atoms. The lowest BCUT2D eigenvalue weighted by Crippen LogP contribution is -2.50. The number of anilines is 1. The van der Waals surface area contributed by atoms with E-state index in [2.05, 4.69) is 15.3 Å². The normalized spacial score (nSPS) is 14.7. The monoisotopic (exact) mass is 385 g/mol. The van der Waals surface area contributed by atoms with Gasteiger partial charge in [0.2, 0.25) is 5.95 Å². The second-order valence-electron chi connectivity index (χ2n) is 7.54. The molecule has 4 N–H and O–H groups in total. The largest absolute Gasteiger partial charge is 0.368 e. The molecule has 0 radical (unpaired) electrons. The Hall–Kier alpha value is -3.54. The number of hydrogen-bond acceptors (Lipinski definition) is 5. The second kappa shape index (κ2) is 7.47. The molecule has 1 aliphatic carbocycles. The van der Waals surface area contributed by atoms with Crippen molar-refractivity contribution in [3.05, 3.63) is 77.6 Å². The fourth-order valence-corrected chi connectivity index (χ4v) is 3.77. The highest BCUT2D eigenvalue weighted by molar-refractivity contribution is 6.09. The number of aryl methyl sites for hydroxylation is 1. The molecule has 0 aliphatic heterocycles. The third kappa shape index (κ3) is 3.61. The molecule has 0 saturated heterocycles. The quantitative estimate of drug-likeness (QED) is 0.468. The van der Waals surface area contributed by atoms with Gasteiger partial charge in [-0.2, -0.15) is 0 Å². The van der Waals surface area contributed by atoms with E-state index in [9.17, 15) is 4.79 Å². The van der Waals surface area contributed by atoms with Gasteiger partial charge < -0.3 is 11.1 Å². The van der Waals surface area contributed by atoms with E-state index in [1.807, 2.05) is 49.4 Å². The number of nitrogens with one attached hydrogen (secondary N) is 2. The van der Waals surface area contributed by atoms with Gasteiger partial charge in [0, 0.05) is 23.5 Å². The fraction of sp³-hybridized carbons (Fsp3) is 0.217. The molecule has 6 heteroatoms. The lowest BCUT2D eigenvalue weighted by molar-refractivity contribution is 0.0972. The van der Waals surface area contributed by atoms with E-state index in [1.165, 1.54) is 0 Å². The van der Waals surface area contributed by atoms with E-state index < -0.39 is 5.41 Å². The Labute approximate surface area is 169 Å². The highest BCUT2D eigenvalue weighted by Crippen LogP contribution is 2.44. The molecule has 4 rings (SSSR count). The third-order valence-electron chi connectivity index (χ3n) is 5.65. The second-order valence-corrected chi connectivity index (χ2v) is 7.54. The van der Waals surface area contributed by atoms with Crippen LogP contribution in [0.4, 0.5) is 5.95 Å². The minimum absolute atomic E-state index is 0.236. The predicted molar refractivity (Wildman–Crippen MR) is 114 cm³/mol. The maximum atomic E-state index is 12.6. The first-order chi connectivity index (χ1) is 14.0. The van der Waals surface area contributed by atoms with Gasteiger partial charge in [-0.1, -0.05) is 48.4 Å². The molecule has 0 unspecified atom stereocenters. The first kappa shape index (κ1) is 18.8. The summed E-state index contributed by atoms with van der Waals surface area (Å²) in [4.78, 5) is 20.7. The predicted octanol–water partition coefficient (Wildman–Crippen LogP) is 3.86. The Morgan fingerprint density at radius 1 is 1.07 bits per heavy atom. The minimum Gasteiger partial charge on any atom is -0.368 e. The molecule has 1 aliphatic rings. The summed E-state index contributed by atoms with van der Waals surface area (Å²) in [6, 6.07) is 15.5. The zero-order valence-electron chi connectivity index (χ0n) is 16.3. The number of hydrogen-bond donors (Lipinski definition) is 3. The van der Waals surface area contributed by atoms with Gasteiger partial charge in [0.05, 0.1) is 5.41 Å². The molecule has 6 nitrogen and oxygen atoms in total. The number of carbonyl (C=O) groups excluding carboxylic acids is 1. The summed E-state index contributed by atoms with van der Waals surface area (Å²) in [5.41, 5.74) is 9.62. The third-order valence-corrected chi connectivity index (χ3v) is 5.65. The van der Waals surface area contributed by atoms with E-state index in [4.69, 9.17) is 11.1 Å². The van der Waals surface area contributed by atoms with Crippen LogP contribution in [0.3, 0.4) is 0 Å². The number of amidine groups is 1. The Morgan fingerprint density at radius 2 is 1.76 bits per heavy atom. The van der Waals surface area contributed by atoms with Gasteiger partial charge in [-0.25, -0.2) is 9.97 Å². The number of amides is 1. The smallest absolute Gasteiger partial charge is 0.256 e. The van der Waals surface area contributed by atoms with Crippen LogP contribution >= 0.6 is 0 Å². The Bertz CT molecular complexity index is 1050. The molecule has 1 saturated carbocycles. The van der Waals surface area contributed by atoms with E-state index in [0.717, 1.165) is 41.5 Å².